The molecule has 0 spiro atoms. The minimum absolute atomic E-state index is 0.0809. The maximum Gasteiger partial charge on any atom is 0.295 e. The highest BCUT2D eigenvalue weighted by molar-refractivity contribution is 6.46. The standard InChI is InChI=1S/C27H27N3O4/c1-3-16-34-22-7-4-6-21(17-22)24-23(25(31)20-10-8-19(2)9-11-20)26(32)27(33)30(24)14-5-13-29-15-12-28-18-29/h3-4,6-12,15,17-18,24,31H,1,5,13-14,16H2,2H3/b25-23+/t24-/m1/s1. The number of aromatic nitrogens is 2. The zero-order valence-electron chi connectivity index (χ0n) is 19.1. The second kappa shape index (κ2) is 10.2. The first-order valence-electron chi connectivity index (χ1n) is 11.1. The van der Waals surface area contributed by atoms with Gasteiger partial charge in [-0.2, -0.15) is 0 Å². The van der Waals surface area contributed by atoms with Gasteiger partial charge in [-0.25, -0.2) is 4.98 Å². The molecule has 1 saturated heterocycles. The summed E-state index contributed by atoms with van der Waals surface area (Å²) in [5, 5.41) is 11.2. The van der Waals surface area contributed by atoms with Gasteiger partial charge in [0, 0.05) is 31.0 Å². The van der Waals surface area contributed by atoms with Crippen LogP contribution in [0.1, 0.15) is 29.2 Å². The third-order valence-corrected chi connectivity index (χ3v) is 5.78. The van der Waals surface area contributed by atoms with Gasteiger partial charge < -0.3 is 19.3 Å². The Balaban J connectivity index is 1.73. The third kappa shape index (κ3) is 4.78. The van der Waals surface area contributed by atoms with E-state index in [0.717, 1.165) is 5.56 Å². The first-order valence-corrected chi connectivity index (χ1v) is 11.1. The van der Waals surface area contributed by atoms with E-state index in [1.165, 1.54) is 4.90 Å². The van der Waals surface area contributed by atoms with E-state index in [1.54, 1.807) is 42.9 Å². The van der Waals surface area contributed by atoms with E-state index in [2.05, 4.69) is 11.6 Å². The van der Waals surface area contributed by atoms with Crippen LogP contribution in [0, 0.1) is 6.92 Å². The molecule has 7 nitrogen and oxygen atoms in total. The van der Waals surface area contributed by atoms with Crippen molar-refractivity contribution in [3.8, 4) is 5.75 Å². The number of hydrogen-bond acceptors (Lipinski definition) is 5. The number of ether oxygens (including phenoxy) is 1. The first kappa shape index (κ1) is 23.0. The van der Waals surface area contributed by atoms with Crippen LogP contribution in [0.3, 0.4) is 0 Å². The number of carbonyl (C=O) groups excluding carboxylic acids is 2. The maximum atomic E-state index is 13.2. The number of carbonyl (C=O) groups is 2. The Bertz CT molecular complexity index is 1210. The average Bonchev–Trinajstić information content (AvgIpc) is 3.45. The van der Waals surface area contributed by atoms with Crippen molar-refractivity contribution in [1.29, 1.82) is 0 Å². The molecule has 1 aromatic heterocycles. The van der Waals surface area contributed by atoms with Gasteiger partial charge in [0.05, 0.1) is 17.9 Å². The molecule has 1 atom stereocenters. The highest BCUT2D eigenvalue weighted by atomic mass is 16.5. The van der Waals surface area contributed by atoms with E-state index in [-0.39, 0.29) is 11.3 Å². The third-order valence-electron chi connectivity index (χ3n) is 5.78. The molecule has 0 bridgehead atoms. The van der Waals surface area contributed by atoms with Gasteiger partial charge in [0.2, 0.25) is 0 Å². The molecular weight excluding hydrogens is 430 g/mol. The SMILES string of the molecule is C=CCOc1cccc([C@@H]2/C(=C(\O)c3ccc(C)cc3)C(=O)C(=O)N2CCCn2ccnc2)c1. The summed E-state index contributed by atoms with van der Waals surface area (Å²) in [5.41, 5.74) is 2.29. The van der Waals surface area contributed by atoms with Crippen LogP contribution in [0.2, 0.25) is 0 Å². The molecule has 4 rings (SSSR count). The van der Waals surface area contributed by atoms with Gasteiger partial charge >= 0.3 is 0 Å². The minimum atomic E-state index is -0.726. The predicted molar refractivity (Wildman–Crippen MR) is 129 cm³/mol. The lowest BCUT2D eigenvalue weighted by atomic mass is 9.95. The Kier molecular flexibility index (Phi) is 6.92. The van der Waals surface area contributed by atoms with E-state index in [1.807, 2.05) is 42.0 Å². The van der Waals surface area contributed by atoms with Crippen molar-refractivity contribution < 1.29 is 19.4 Å². The Labute approximate surface area is 198 Å². The van der Waals surface area contributed by atoms with Crippen molar-refractivity contribution in [2.45, 2.75) is 25.9 Å². The fraction of sp³-hybridized carbons (Fsp3) is 0.222. The molecule has 3 aromatic rings. The second-order valence-electron chi connectivity index (χ2n) is 8.18. The molecule has 7 heteroatoms. The largest absolute Gasteiger partial charge is 0.507 e. The lowest BCUT2D eigenvalue weighted by molar-refractivity contribution is -0.139. The summed E-state index contributed by atoms with van der Waals surface area (Å²) >= 11 is 0. The number of aryl methyl sites for hydroxylation is 2. The van der Waals surface area contributed by atoms with Crippen LogP contribution in [0.4, 0.5) is 0 Å². The highest BCUT2D eigenvalue weighted by Gasteiger charge is 2.45. The lowest BCUT2D eigenvalue weighted by Gasteiger charge is -2.25. The number of hydrogen-bond donors (Lipinski definition) is 1. The predicted octanol–water partition coefficient (Wildman–Crippen LogP) is 4.27. The number of rotatable bonds is 9. The summed E-state index contributed by atoms with van der Waals surface area (Å²) in [6.45, 7) is 6.93. The maximum absolute atomic E-state index is 13.2. The quantitative estimate of drug-likeness (QED) is 0.225. The van der Waals surface area contributed by atoms with Crippen LogP contribution in [-0.2, 0) is 16.1 Å². The molecule has 0 aliphatic carbocycles. The van der Waals surface area contributed by atoms with E-state index >= 15 is 0 Å². The summed E-state index contributed by atoms with van der Waals surface area (Å²) < 4.78 is 7.59. The van der Waals surface area contributed by atoms with E-state index in [4.69, 9.17) is 4.74 Å². The summed E-state index contributed by atoms with van der Waals surface area (Å²) in [6, 6.07) is 13.7. The second-order valence-corrected chi connectivity index (χ2v) is 8.18. The first-order chi connectivity index (χ1) is 16.5. The van der Waals surface area contributed by atoms with Gasteiger partial charge in [0.15, 0.2) is 0 Å². The van der Waals surface area contributed by atoms with Crippen LogP contribution in [0.25, 0.3) is 5.76 Å². The number of aliphatic hydroxyl groups excluding tert-OH is 1. The van der Waals surface area contributed by atoms with Crippen molar-refractivity contribution in [2.75, 3.05) is 13.2 Å². The normalized spacial score (nSPS) is 17.2. The number of Topliss-reactive ketones (excluding diaryl/α,β-unsaturated/α-hetero) is 1. The molecule has 2 heterocycles. The average molecular weight is 458 g/mol. The Morgan fingerprint density at radius 2 is 1.97 bits per heavy atom. The molecule has 1 amide bonds. The monoisotopic (exact) mass is 457 g/mol. The fourth-order valence-electron chi connectivity index (χ4n) is 4.10. The smallest absolute Gasteiger partial charge is 0.295 e. The Hall–Kier alpha value is -4.13. The number of aliphatic hydroxyl groups is 1. The summed E-state index contributed by atoms with van der Waals surface area (Å²) in [5.74, 6) is -0.903. The van der Waals surface area contributed by atoms with Crippen LogP contribution >= 0.6 is 0 Å². The van der Waals surface area contributed by atoms with E-state index in [0.29, 0.717) is 43.0 Å². The number of amides is 1. The molecule has 0 unspecified atom stereocenters. The molecule has 1 aliphatic heterocycles. The molecule has 1 N–H and O–H groups in total. The highest BCUT2D eigenvalue weighted by Crippen LogP contribution is 2.40. The van der Waals surface area contributed by atoms with Crippen molar-refractivity contribution in [3.05, 3.63) is 102 Å². The molecule has 174 valence electrons. The number of ketones is 1. The topological polar surface area (TPSA) is 84.7 Å². The van der Waals surface area contributed by atoms with Crippen LogP contribution in [0.15, 0.2) is 85.5 Å². The van der Waals surface area contributed by atoms with Gasteiger partial charge in [-0.1, -0.05) is 54.6 Å². The zero-order valence-corrected chi connectivity index (χ0v) is 19.1. The van der Waals surface area contributed by atoms with Gasteiger partial charge in [-0.3, -0.25) is 9.59 Å². The van der Waals surface area contributed by atoms with Crippen molar-refractivity contribution in [1.82, 2.24) is 14.5 Å². The number of benzene rings is 2. The van der Waals surface area contributed by atoms with Crippen molar-refractivity contribution in [3.63, 3.8) is 0 Å². The van der Waals surface area contributed by atoms with Gasteiger partial charge in [-0.05, 0) is 31.0 Å². The van der Waals surface area contributed by atoms with Gasteiger partial charge in [0.25, 0.3) is 11.7 Å². The molecule has 1 fully saturated rings. The molecular formula is C27H27N3O4. The molecule has 0 saturated carbocycles. The van der Waals surface area contributed by atoms with E-state index in [9.17, 15) is 14.7 Å². The van der Waals surface area contributed by atoms with E-state index < -0.39 is 17.7 Å². The Morgan fingerprint density at radius 1 is 1.18 bits per heavy atom. The number of imidazole rings is 1. The molecule has 0 radical (unpaired) electrons. The van der Waals surface area contributed by atoms with Crippen molar-refractivity contribution in [2.24, 2.45) is 0 Å². The van der Waals surface area contributed by atoms with Crippen LogP contribution in [-0.4, -0.2) is 44.4 Å². The van der Waals surface area contributed by atoms with Crippen LogP contribution in [0.5, 0.6) is 5.75 Å². The lowest BCUT2D eigenvalue weighted by Crippen LogP contribution is -2.31. The van der Waals surface area contributed by atoms with Crippen LogP contribution < -0.4 is 4.74 Å². The Morgan fingerprint density at radius 3 is 2.68 bits per heavy atom. The number of likely N-dealkylation sites (tertiary alicyclic amines) is 1. The molecule has 2 aromatic carbocycles. The summed E-state index contributed by atoms with van der Waals surface area (Å²) in [4.78, 5) is 31.8. The fourth-order valence-corrected chi connectivity index (χ4v) is 4.10. The van der Waals surface area contributed by atoms with Gasteiger partial charge in [0.1, 0.15) is 18.1 Å². The van der Waals surface area contributed by atoms with Gasteiger partial charge in [-0.15, -0.1) is 0 Å². The number of nitrogens with zero attached hydrogens (tertiary/aromatic N) is 3. The molecule has 34 heavy (non-hydrogen) atoms. The minimum Gasteiger partial charge on any atom is -0.507 e. The summed E-state index contributed by atoms with van der Waals surface area (Å²) in [6.07, 6.45) is 7.53. The zero-order chi connectivity index (χ0) is 24.1. The summed E-state index contributed by atoms with van der Waals surface area (Å²) in [7, 11) is 0. The van der Waals surface area contributed by atoms with Crippen molar-refractivity contribution >= 4 is 17.4 Å². The molecule has 1 aliphatic rings.